The van der Waals surface area contributed by atoms with Crippen molar-refractivity contribution in [2.24, 2.45) is 0 Å². The van der Waals surface area contributed by atoms with E-state index in [-0.39, 0.29) is 5.91 Å². The van der Waals surface area contributed by atoms with Gasteiger partial charge in [0.25, 0.3) is 5.91 Å². The smallest absolute Gasteiger partial charge is 0.251 e. The Labute approximate surface area is 129 Å². The van der Waals surface area contributed by atoms with Gasteiger partial charge in [0.1, 0.15) is 0 Å². The summed E-state index contributed by atoms with van der Waals surface area (Å²) in [4.78, 5) is 12.0. The quantitative estimate of drug-likeness (QED) is 0.881. The van der Waals surface area contributed by atoms with Crippen LogP contribution >= 0.6 is 11.6 Å². The molecule has 1 aliphatic rings. The molecule has 21 heavy (non-hydrogen) atoms. The molecule has 3 rings (SSSR count). The summed E-state index contributed by atoms with van der Waals surface area (Å²) < 4.78 is 0. The first-order chi connectivity index (χ1) is 10.2. The molecule has 1 aliphatic carbocycles. The lowest BCUT2D eigenvalue weighted by molar-refractivity contribution is 0.0951. The third-order valence-electron chi connectivity index (χ3n) is 3.42. The van der Waals surface area contributed by atoms with E-state index in [1.54, 1.807) is 0 Å². The maximum atomic E-state index is 12.0. The van der Waals surface area contributed by atoms with Crippen molar-refractivity contribution in [3.63, 3.8) is 0 Å². The molecule has 0 aliphatic heterocycles. The van der Waals surface area contributed by atoms with Gasteiger partial charge in [-0.25, -0.2) is 0 Å². The Morgan fingerprint density at radius 3 is 2.71 bits per heavy atom. The average Bonchev–Trinajstić information content (AvgIpc) is 3.29. The highest BCUT2D eigenvalue weighted by atomic mass is 35.5. The number of halogens is 1. The fraction of sp³-hybridized carbons (Fsp3) is 0.235. The zero-order valence-corrected chi connectivity index (χ0v) is 12.4. The Morgan fingerprint density at radius 1 is 1.14 bits per heavy atom. The molecular formula is C17H17ClN2O. The van der Waals surface area contributed by atoms with Gasteiger partial charge in [0.15, 0.2) is 0 Å². The van der Waals surface area contributed by atoms with E-state index >= 15 is 0 Å². The number of carbonyl (C=O) groups is 1. The standard InChI is InChI=1S/C17H17ClN2O/c18-14-5-1-3-12(9-14)11-19-16-6-2-4-13(10-16)17(21)20-15-7-8-15/h1-6,9-10,15,19H,7-8,11H2,(H,20,21). The van der Waals surface area contributed by atoms with E-state index in [1.165, 1.54) is 0 Å². The number of carbonyl (C=O) groups excluding carboxylic acids is 1. The molecule has 0 unspecified atom stereocenters. The normalized spacial score (nSPS) is 13.8. The van der Waals surface area contributed by atoms with Crippen LogP contribution in [0.5, 0.6) is 0 Å². The lowest BCUT2D eigenvalue weighted by Gasteiger charge is -2.09. The number of nitrogens with one attached hydrogen (secondary N) is 2. The van der Waals surface area contributed by atoms with Crippen LogP contribution in [0, 0.1) is 0 Å². The number of benzene rings is 2. The van der Waals surface area contributed by atoms with Crippen molar-refractivity contribution in [3.8, 4) is 0 Å². The van der Waals surface area contributed by atoms with Crippen molar-refractivity contribution in [3.05, 3.63) is 64.7 Å². The second kappa shape index (κ2) is 6.19. The minimum atomic E-state index is 0.00362. The predicted octanol–water partition coefficient (Wildman–Crippen LogP) is 3.84. The molecule has 3 nitrogen and oxygen atoms in total. The number of anilines is 1. The lowest BCUT2D eigenvalue weighted by atomic mass is 10.1. The van der Waals surface area contributed by atoms with Crippen LogP contribution in [-0.4, -0.2) is 11.9 Å². The van der Waals surface area contributed by atoms with Crippen LogP contribution in [0.3, 0.4) is 0 Å². The largest absolute Gasteiger partial charge is 0.381 e. The van der Waals surface area contributed by atoms with Gasteiger partial charge in [-0.3, -0.25) is 4.79 Å². The van der Waals surface area contributed by atoms with Gasteiger partial charge in [-0.2, -0.15) is 0 Å². The zero-order chi connectivity index (χ0) is 14.7. The van der Waals surface area contributed by atoms with Crippen molar-refractivity contribution >= 4 is 23.2 Å². The molecule has 2 aromatic rings. The van der Waals surface area contributed by atoms with E-state index in [2.05, 4.69) is 10.6 Å². The molecule has 0 saturated heterocycles. The molecule has 108 valence electrons. The van der Waals surface area contributed by atoms with Gasteiger partial charge in [0.05, 0.1) is 0 Å². The van der Waals surface area contributed by atoms with Crippen molar-refractivity contribution < 1.29 is 4.79 Å². The molecule has 0 aromatic heterocycles. The third-order valence-corrected chi connectivity index (χ3v) is 3.66. The minimum absolute atomic E-state index is 0.00362. The van der Waals surface area contributed by atoms with E-state index in [4.69, 9.17) is 11.6 Å². The summed E-state index contributed by atoms with van der Waals surface area (Å²) in [5.74, 6) is 0.00362. The fourth-order valence-corrected chi connectivity index (χ4v) is 2.33. The molecule has 2 aromatic carbocycles. The van der Waals surface area contributed by atoms with Gasteiger partial charge in [-0.1, -0.05) is 29.8 Å². The minimum Gasteiger partial charge on any atom is -0.381 e. The molecule has 0 heterocycles. The Hall–Kier alpha value is -2.00. The van der Waals surface area contributed by atoms with E-state index in [9.17, 15) is 4.79 Å². The second-order valence-corrected chi connectivity index (χ2v) is 5.75. The third kappa shape index (κ3) is 3.99. The molecule has 0 spiro atoms. The summed E-state index contributed by atoms with van der Waals surface area (Å²) in [5.41, 5.74) is 2.73. The average molecular weight is 301 g/mol. The van der Waals surface area contributed by atoms with E-state index in [0.717, 1.165) is 29.1 Å². The highest BCUT2D eigenvalue weighted by Gasteiger charge is 2.23. The zero-order valence-electron chi connectivity index (χ0n) is 11.6. The first-order valence-corrected chi connectivity index (χ1v) is 7.48. The van der Waals surface area contributed by atoms with Gasteiger partial charge in [0.2, 0.25) is 0 Å². The SMILES string of the molecule is O=C(NC1CC1)c1cccc(NCc2cccc(Cl)c2)c1. The Bertz CT molecular complexity index is 653. The molecule has 0 radical (unpaired) electrons. The fourth-order valence-electron chi connectivity index (χ4n) is 2.12. The van der Waals surface area contributed by atoms with Gasteiger partial charge in [0, 0.05) is 28.9 Å². The van der Waals surface area contributed by atoms with Gasteiger partial charge in [-0.05, 0) is 48.7 Å². The highest BCUT2D eigenvalue weighted by molar-refractivity contribution is 6.30. The topological polar surface area (TPSA) is 41.1 Å². The summed E-state index contributed by atoms with van der Waals surface area (Å²) in [6.07, 6.45) is 2.19. The second-order valence-electron chi connectivity index (χ2n) is 5.31. The first kappa shape index (κ1) is 14.0. The number of amides is 1. The molecule has 2 N–H and O–H groups in total. The summed E-state index contributed by atoms with van der Waals surface area (Å²) in [5, 5.41) is 7.04. The van der Waals surface area contributed by atoms with Crippen LogP contribution in [0.1, 0.15) is 28.8 Å². The first-order valence-electron chi connectivity index (χ1n) is 7.10. The monoisotopic (exact) mass is 300 g/mol. The molecule has 1 saturated carbocycles. The van der Waals surface area contributed by atoms with Crippen LogP contribution in [0.2, 0.25) is 5.02 Å². The number of hydrogen-bond acceptors (Lipinski definition) is 2. The summed E-state index contributed by atoms with van der Waals surface area (Å²) in [7, 11) is 0. The Morgan fingerprint density at radius 2 is 1.95 bits per heavy atom. The van der Waals surface area contributed by atoms with E-state index < -0.39 is 0 Å². The number of rotatable bonds is 5. The predicted molar refractivity (Wildman–Crippen MR) is 85.7 cm³/mol. The molecule has 1 amide bonds. The summed E-state index contributed by atoms with van der Waals surface area (Å²) in [6.45, 7) is 0.675. The van der Waals surface area contributed by atoms with Crippen LogP contribution in [-0.2, 0) is 6.54 Å². The summed E-state index contributed by atoms with van der Waals surface area (Å²) in [6, 6.07) is 15.7. The van der Waals surface area contributed by atoms with Crippen molar-refractivity contribution in [1.82, 2.24) is 5.32 Å². The Kier molecular flexibility index (Phi) is 4.11. The maximum absolute atomic E-state index is 12.0. The van der Waals surface area contributed by atoms with Crippen molar-refractivity contribution in [1.29, 1.82) is 0 Å². The van der Waals surface area contributed by atoms with Gasteiger partial charge >= 0.3 is 0 Å². The summed E-state index contributed by atoms with van der Waals surface area (Å²) >= 11 is 5.97. The molecule has 0 bridgehead atoms. The highest BCUT2D eigenvalue weighted by Crippen LogP contribution is 2.20. The molecule has 0 atom stereocenters. The van der Waals surface area contributed by atoms with Gasteiger partial charge < -0.3 is 10.6 Å². The van der Waals surface area contributed by atoms with Crippen LogP contribution < -0.4 is 10.6 Å². The molecular weight excluding hydrogens is 284 g/mol. The van der Waals surface area contributed by atoms with Crippen molar-refractivity contribution in [2.45, 2.75) is 25.4 Å². The van der Waals surface area contributed by atoms with Crippen LogP contribution in [0.4, 0.5) is 5.69 Å². The van der Waals surface area contributed by atoms with Gasteiger partial charge in [-0.15, -0.1) is 0 Å². The van der Waals surface area contributed by atoms with Crippen LogP contribution in [0.25, 0.3) is 0 Å². The lowest BCUT2D eigenvalue weighted by Crippen LogP contribution is -2.25. The van der Waals surface area contributed by atoms with E-state index in [0.29, 0.717) is 18.2 Å². The molecule has 4 heteroatoms. The van der Waals surface area contributed by atoms with Crippen LogP contribution in [0.15, 0.2) is 48.5 Å². The van der Waals surface area contributed by atoms with E-state index in [1.807, 2.05) is 48.5 Å². The number of hydrogen-bond donors (Lipinski definition) is 2. The Balaban J connectivity index is 1.63. The molecule has 1 fully saturated rings. The maximum Gasteiger partial charge on any atom is 0.251 e. The van der Waals surface area contributed by atoms with Crippen molar-refractivity contribution in [2.75, 3.05) is 5.32 Å².